The molecule has 1 atom stereocenters. The van der Waals surface area contributed by atoms with Crippen molar-refractivity contribution < 1.29 is 12.8 Å². The van der Waals surface area contributed by atoms with Crippen LogP contribution in [0.4, 0.5) is 4.39 Å². The van der Waals surface area contributed by atoms with Crippen LogP contribution in [-0.4, -0.2) is 39.0 Å². The van der Waals surface area contributed by atoms with Gasteiger partial charge in [-0.25, -0.2) is 17.5 Å². The molecule has 0 aromatic heterocycles. The zero-order valence-electron chi connectivity index (χ0n) is 11.0. The van der Waals surface area contributed by atoms with E-state index in [0.29, 0.717) is 13.1 Å². The Morgan fingerprint density at radius 2 is 2.30 bits per heavy atom. The summed E-state index contributed by atoms with van der Waals surface area (Å²) in [6, 6.07) is 4.81. The SMILES string of the molecule is C#CCN1CCC[C@@H](NS(=O)(=O)c2cccc(F)c2)C1. The van der Waals surface area contributed by atoms with Gasteiger partial charge in [0, 0.05) is 12.6 Å². The molecule has 0 amide bonds. The number of sulfonamides is 1. The van der Waals surface area contributed by atoms with Crippen molar-refractivity contribution in [3.8, 4) is 12.3 Å². The molecule has 1 heterocycles. The molecule has 2 rings (SSSR count). The predicted molar refractivity (Wildman–Crippen MR) is 75.0 cm³/mol. The highest BCUT2D eigenvalue weighted by Gasteiger charge is 2.25. The standard InChI is InChI=1S/C14H17FN2O2S/c1-2-8-17-9-4-6-13(11-17)16-20(18,19)14-7-3-5-12(15)10-14/h1,3,5,7,10,13,16H,4,6,8-9,11H2/t13-/m1/s1. The van der Waals surface area contributed by atoms with Gasteiger partial charge in [0.05, 0.1) is 11.4 Å². The first-order chi connectivity index (χ1) is 9.51. The fourth-order valence-corrected chi connectivity index (χ4v) is 3.64. The van der Waals surface area contributed by atoms with E-state index in [0.717, 1.165) is 25.5 Å². The molecule has 0 bridgehead atoms. The zero-order valence-corrected chi connectivity index (χ0v) is 11.9. The van der Waals surface area contributed by atoms with E-state index < -0.39 is 15.8 Å². The third kappa shape index (κ3) is 3.79. The maximum atomic E-state index is 13.1. The average Bonchev–Trinajstić information content (AvgIpc) is 2.39. The maximum absolute atomic E-state index is 13.1. The van der Waals surface area contributed by atoms with Crippen LogP contribution >= 0.6 is 0 Å². The molecule has 20 heavy (non-hydrogen) atoms. The summed E-state index contributed by atoms with van der Waals surface area (Å²) in [4.78, 5) is 1.98. The Morgan fingerprint density at radius 3 is 3.00 bits per heavy atom. The minimum absolute atomic E-state index is 0.0495. The summed E-state index contributed by atoms with van der Waals surface area (Å²) >= 11 is 0. The summed E-state index contributed by atoms with van der Waals surface area (Å²) in [7, 11) is -3.69. The Bertz CT molecular complexity index is 610. The van der Waals surface area contributed by atoms with Crippen LogP contribution in [0, 0.1) is 18.2 Å². The Balaban J connectivity index is 2.07. The molecular weight excluding hydrogens is 279 g/mol. The van der Waals surface area contributed by atoms with E-state index in [1.807, 2.05) is 4.90 Å². The molecule has 1 N–H and O–H groups in total. The van der Waals surface area contributed by atoms with Crippen molar-refractivity contribution in [1.82, 2.24) is 9.62 Å². The lowest BCUT2D eigenvalue weighted by atomic mass is 10.1. The van der Waals surface area contributed by atoms with Gasteiger partial charge in [-0.1, -0.05) is 12.0 Å². The first kappa shape index (κ1) is 15.0. The summed E-state index contributed by atoms with van der Waals surface area (Å²) in [5.74, 6) is 1.99. The summed E-state index contributed by atoms with van der Waals surface area (Å²) in [5.41, 5.74) is 0. The van der Waals surface area contributed by atoms with Gasteiger partial charge >= 0.3 is 0 Å². The Kier molecular flexibility index (Phi) is 4.76. The quantitative estimate of drug-likeness (QED) is 0.850. The van der Waals surface area contributed by atoms with E-state index in [4.69, 9.17) is 6.42 Å². The van der Waals surface area contributed by atoms with Crippen LogP contribution in [0.25, 0.3) is 0 Å². The van der Waals surface area contributed by atoms with Crippen molar-refractivity contribution >= 4 is 10.0 Å². The number of terminal acetylenes is 1. The van der Waals surface area contributed by atoms with Crippen molar-refractivity contribution in [2.75, 3.05) is 19.6 Å². The van der Waals surface area contributed by atoms with Gasteiger partial charge in [-0.05, 0) is 37.6 Å². The molecule has 6 heteroatoms. The maximum Gasteiger partial charge on any atom is 0.240 e. The van der Waals surface area contributed by atoms with Crippen LogP contribution in [0.15, 0.2) is 29.2 Å². The highest BCUT2D eigenvalue weighted by atomic mass is 32.2. The van der Waals surface area contributed by atoms with Gasteiger partial charge in [-0.15, -0.1) is 6.42 Å². The fraction of sp³-hybridized carbons (Fsp3) is 0.429. The third-order valence-electron chi connectivity index (χ3n) is 3.25. The normalized spacial score (nSPS) is 20.5. The Morgan fingerprint density at radius 1 is 1.50 bits per heavy atom. The minimum atomic E-state index is -3.69. The van der Waals surface area contributed by atoms with Crippen molar-refractivity contribution in [1.29, 1.82) is 0 Å². The van der Waals surface area contributed by atoms with Gasteiger partial charge < -0.3 is 0 Å². The van der Waals surface area contributed by atoms with Crippen LogP contribution in [0.1, 0.15) is 12.8 Å². The molecule has 1 aromatic carbocycles. The zero-order chi connectivity index (χ0) is 14.6. The van der Waals surface area contributed by atoms with E-state index in [9.17, 15) is 12.8 Å². The predicted octanol–water partition coefficient (Wildman–Crippen LogP) is 1.20. The van der Waals surface area contributed by atoms with Gasteiger partial charge in [-0.3, -0.25) is 4.90 Å². The molecular formula is C14H17FN2O2S. The molecule has 1 aliphatic rings. The topological polar surface area (TPSA) is 49.4 Å². The lowest BCUT2D eigenvalue weighted by molar-refractivity contribution is 0.224. The number of rotatable bonds is 4. The van der Waals surface area contributed by atoms with Crippen LogP contribution < -0.4 is 4.72 Å². The molecule has 1 saturated heterocycles. The third-order valence-corrected chi connectivity index (χ3v) is 4.77. The lowest BCUT2D eigenvalue weighted by Crippen LogP contribution is -2.47. The highest BCUT2D eigenvalue weighted by Crippen LogP contribution is 2.15. The molecule has 0 spiro atoms. The largest absolute Gasteiger partial charge is 0.291 e. The number of hydrogen-bond donors (Lipinski definition) is 1. The molecule has 1 fully saturated rings. The molecule has 4 nitrogen and oxygen atoms in total. The molecule has 0 aliphatic carbocycles. The number of nitrogens with one attached hydrogen (secondary N) is 1. The van der Waals surface area contributed by atoms with Crippen LogP contribution in [0.3, 0.4) is 0 Å². The second-order valence-corrected chi connectivity index (χ2v) is 6.57. The number of nitrogens with zero attached hydrogens (tertiary/aromatic N) is 1. The van der Waals surface area contributed by atoms with Crippen molar-refractivity contribution in [3.63, 3.8) is 0 Å². The molecule has 108 valence electrons. The van der Waals surface area contributed by atoms with Gasteiger partial charge in [0.2, 0.25) is 10.0 Å². The van der Waals surface area contributed by atoms with Crippen LogP contribution in [0.5, 0.6) is 0 Å². The van der Waals surface area contributed by atoms with E-state index in [1.54, 1.807) is 0 Å². The van der Waals surface area contributed by atoms with Crippen LogP contribution in [0.2, 0.25) is 0 Å². The van der Waals surface area contributed by atoms with Gasteiger partial charge in [-0.2, -0.15) is 0 Å². The second kappa shape index (κ2) is 6.35. The van der Waals surface area contributed by atoms with Crippen molar-refractivity contribution in [3.05, 3.63) is 30.1 Å². The van der Waals surface area contributed by atoms with E-state index in [-0.39, 0.29) is 10.9 Å². The molecule has 0 radical (unpaired) electrons. The number of piperidine rings is 1. The molecule has 1 aliphatic heterocycles. The summed E-state index contributed by atoms with van der Waals surface area (Å²) < 4.78 is 40.1. The molecule has 0 unspecified atom stereocenters. The summed E-state index contributed by atoms with van der Waals surface area (Å²) in [6.07, 6.45) is 6.91. The second-order valence-electron chi connectivity index (χ2n) is 4.86. The van der Waals surface area contributed by atoms with Gasteiger partial charge in [0.25, 0.3) is 0 Å². The first-order valence-electron chi connectivity index (χ1n) is 6.45. The fourth-order valence-electron chi connectivity index (χ4n) is 2.35. The number of hydrogen-bond acceptors (Lipinski definition) is 3. The van der Waals surface area contributed by atoms with Gasteiger partial charge in [0.1, 0.15) is 5.82 Å². The van der Waals surface area contributed by atoms with Crippen molar-refractivity contribution in [2.24, 2.45) is 0 Å². The Labute approximate surface area is 119 Å². The first-order valence-corrected chi connectivity index (χ1v) is 7.93. The Hall–Kier alpha value is -1.42. The average molecular weight is 296 g/mol. The number of benzene rings is 1. The highest BCUT2D eigenvalue weighted by molar-refractivity contribution is 7.89. The minimum Gasteiger partial charge on any atom is -0.291 e. The van der Waals surface area contributed by atoms with E-state index in [1.165, 1.54) is 18.2 Å². The number of likely N-dealkylation sites (tertiary alicyclic amines) is 1. The van der Waals surface area contributed by atoms with Gasteiger partial charge in [0.15, 0.2) is 0 Å². The van der Waals surface area contributed by atoms with E-state index in [2.05, 4.69) is 10.6 Å². The monoisotopic (exact) mass is 296 g/mol. The lowest BCUT2D eigenvalue weighted by Gasteiger charge is -2.31. The summed E-state index contributed by atoms with van der Waals surface area (Å²) in [6.45, 7) is 1.97. The smallest absolute Gasteiger partial charge is 0.240 e. The molecule has 1 aromatic rings. The van der Waals surface area contributed by atoms with E-state index >= 15 is 0 Å². The number of halogens is 1. The molecule has 0 saturated carbocycles. The van der Waals surface area contributed by atoms with Crippen molar-refractivity contribution in [2.45, 2.75) is 23.8 Å². The van der Waals surface area contributed by atoms with Crippen LogP contribution in [-0.2, 0) is 10.0 Å². The summed E-state index contributed by atoms with van der Waals surface area (Å²) in [5, 5.41) is 0.